The average Bonchev–Trinajstić information content (AvgIpc) is 3.51. The average molecular weight is 420 g/mol. The van der Waals surface area contributed by atoms with Gasteiger partial charge in [0, 0.05) is 29.6 Å². The summed E-state index contributed by atoms with van der Waals surface area (Å²) in [5.74, 6) is 0.0497. The van der Waals surface area contributed by atoms with Crippen LogP contribution in [-0.4, -0.2) is 31.6 Å². The molecule has 1 fully saturated rings. The normalized spacial score (nSPS) is 20.2. The van der Waals surface area contributed by atoms with E-state index in [9.17, 15) is 13.2 Å². The van der Waals surface area contributed by atoms with Gasteiger partial charge in [0.2, 0.25) is 10.0 Å². The van der Waals surface area contributed by atoms with E-state index in [1.807, 2.05) is 57.2 Å². The molecule has 2 aromatic rings. The molecule has 0 bridgehead atoms. The highest BCUT2D eigenvalue weighted by Crippen LogP contribution is 2.69. The van der Waals surface area contributed by atoms with Crippen molar-refractivity contribution in [1.29, 1.82) is 0 Å². The molecule has 30 heavy (non-hydrogen) atoms. The molecule has 4 nitrogen and oxygen atoms in total. The summed E-state index contributed by atoms with van der Waals surface area (Å²) >= 11 is 0. The number of carbonyl (C=O) groups excluding carboxylic acids is 1. The second-order valence-electron chi connectivity index (χ2n) is 8.87. The van der Waals surface area contributed by atoms with Crippen LogP contribution in [0, 0.1) is 19.3 Å². The highest BCUT2D eigenvalue weighted by atomic mass is 32.2. The number of nitrogens with zero attached hydrogens (tertiary/aromatic N) is 1. The molecule has 3 aliphatic rings. The number of benzene rings is 2. The fraction of sp³-hybridized carbons (Fsp3) is 0.320. The molecule has 5 rings (SSSR count). The van der Waals surface area contributed by atoms with Gasteiger partial charge in [-0.15, -0.1) is 0 Å². The third kappa shape index (κ3) is 2.76. The molecule has 2 aliphatic carbocycles. The maximum absolute atomic E-state index is 13.4. The summed E-state index contributed by atoms with van der Waals surface area (Å²) in [6.45, 7) is 6.62. The Morgan fingerprint density at radius 1 is 0.867 bits per heavy atom. The minimum absolute atomic E-state index is 0.0497. The fourth-order valence-electron chi connectivity index (χ4n) is 5.02. The zero-order valence-electron chi connectivity index (χ0n) is 17.5. The third-order valence-electron chi connectivity index (χ3n) is 6.69. The quantitative estimate of drug-likeness (QED) is 0.681. The molecule has 1 saturated carbocycles. The van der Waals surface area contributed by atoms with Crippen molar-refractivity contribution in [3.8, 4) is 0 Å². The predicted molar refractivity (Wildman–Crippen MR) is 117 cm³/mol. The summed E-state index contributed by atoms with van der Waals surface area (Å²) in [7, 11) is -3.62. The number of hydrogen-bond donors (Lipinski definition) is 0. The number of ketones is 1. The Morgan fingerprint density at radius 3 is 2.00 bits per heavy atom. The largest absolute Gasteiger partial charge is 0.289 e. The summed E-state index contributed by atoms with van der Waals surface area (Å²) in [5.41, 5.74) is 6.78. The summed E-state index contributed by atoms with van der Waals surface area (Å²) in [6.07, 6.45) is 1.97. The van der Waals surface area contributed by atoms with Gasteiger partial charge in [-0.25, -0.2) is 8.42 Å². The van der Waals surface area contributed by atoms with Crippen molar-refractivity contribution in [2.24, 2.45) is 5.41 Å². The van der Waals surface area contributed by atoms with Crippen LogP contribution in [0.4, 0.5) is 0 Å². The Balaban J connectivity index is 1.54. The van der Waals surface area contributed by atoms with Gasteiger partial charge in [0.25, 0.3) is 0 Å². The predicted octanol–water partition coefficient (Wildman–Crippen LogP) is 4.60. The van der Waals surface area contributed by atoms with E-state index in [1.54, 1.807) is 12.1 Å². The lowest BCUT2D eigenvalue weighted by Crippen LogP contribution is -2.45. The van der Waals surface area contributed by atoms with Gasteiger partial charge in [-0.05, 0) is 56.9 Å². The first kappa shape index (κ1) is 19.5. The van der Waals surface area contributed by atoms with E-state index in [0.717, 1.165) is 40.7 Å². The van der Waals surface area contributed by atoms with Gasteiger partial charge in [-0.2, -0.15) is 4.31 Å². The minimum atomic E-state index is -3.62. The number of carbonyl (C=O) groups is 1. The van der Waals surface area contributed by atoms with Gasteiger partial charge in [-0.1, -0.05) is 53.1 Å². The van der Waals surface area contributed by atoms with Gasteiger partial charge >= 0.3 is 0 Å². The number of sulfonamides is 1. The molecule has 0 saturated heterocycles. The van der Waals surface area contributed by atoms with E-state index in [2.05, 4.69) is 0 Å². The topological polar surface area (TPSA) is 54.5 Å². The molecule has 0 N–H and O–H groups in total. The summed E-state index contributed by atoms with van der Waals surface area (Å²) in [5, 5.41) is 0. The van der Waals surface area contributed by atoms with Crippen LogP contribution < -0.4 is 0 Å². The molecule has 0 atom stereocenters. The lowest BCUT2D eigenvalue weighted by molar-refractivity contribution is 0.101. The van der Waals surface area contributed by atoms with E-state index in [1.165, 1.54) is 9.88 Å². The standard InChI is InChI=1S/C25H25NO3S/c1-16-4-8-19(9-5-16)24(27)23-21-15-26(14-18(3)22(21)25(23)12-13-25)30(28,29)20-10-6-17(2)7-11-20/h4-11H,12-15H2,1-3H3. The highest BCUT2D eigenvalue weighted by Gasteiger charge is 2.62. The molecule has 2 aromatic carbocycles. The zero-order chi connectivity index (χ0) is 21.3. The van der Waals surface area contributed by atoms with Crippen LogP contribution in [0.25, 0.3) is 0 Å². The van der Waals surface area contributed by atoms with Gasteiger partial charge in [0.05, 0.1) is 4.90 Å². The zero-order valence-corrected chi connectivity index (χ0v) is 18.3. The second kappa shape index (κ2) is 6.50. The molecule has 1 aliphatic heterocycles. The molecule has 154 valence electrons. The van der Waals surface area contributed by atoms with E-state index in [4.69, 9.17) is 0 Å². The number of Topliss-reactive ketones (excluding diaryl/α,β-unsaturated/α-hetero) is 1. The van der Waals surface area contributed by atoms with Crippen LogP contribution in [0.1, 0.15) is 41.3 Å². The van der Waals surface area contributed by atoms with Gasteiger partial charge in [-0.3, -0.25) is 4.79 Å². The summed E-state index contributed by atoms with van der Waals surface area (Å²) in [4.78, 5) is 13.7. The lowest BCUT2D eigenvalue weighted by Gasteiger charge is -2.44. The van der Waals surface area contributed by atoms with Crippen molar-refractivity contribution >= 4 is 15.8 Å². The summed E-state index contributed by atoms with van der Waals surface area (Å²) < 4.78 is 28.1. The van der Waals surface area contributed by atoms with Crippen LogP contribution in [0.15, 0.2) is 75.7 Å². The van der Waals surface area contributed by atoms with Crippen molar-refractivity contribution in [3.63, 3.8) is 0 Å². The molecule has 0 radical (unpaired) electrons. The third-order valence-corrected chi connectivity index (χ3v) is 8.49. The number of rotatable bonds is 4. The van der Waals surface area contributed by atoms with Crippen molar-refractivity contribution < 1.29 is 13.2 Å². The number of fused-ring (bicyclic) bond motifs is 2. The van der Waals surface area contributed by atoms with E-state index >= 15 is 0 Å². The first-order valence-corrected chi connectivity index (χ1v) is 11.8. The van der Waals surface area contributed by atoms with E-state index in [0.29, 0.717) is 17.0 Å². The monoisotopic (exact) mass is 419 g/mol. The van der Waals surface area contributed by atoms with Crippen LogP contribution in [0.2, 0.25) is 0 Å². The van der Waals surface area contributed by atoms with Gasteiger partial charge in [0.1, 0.15) is 0 Å². The van der Waals surface area contributed by atoms with Crippen molar-refractivity contribution in [3.05, 3.63) is 87.5 Å². The molecule has 0 unspecified atom stereocenters. The van der Waals surface area contributed by atoms with E-state index < -0.39 is 10.0 Å². The minimum Gasteiger partial charge on any atom is -0.289 e. The first-order chi connectivity index (χ1) is 14.2. The highest BCUT2D eigenvalue weighted by molar-refractivity contribution is 7.89. The molecule has 0 aromatic heterocycles. The number of allylic oxidation sites excluding steroid dienone is 1. The number of hydrogen-bond acceptors (Lipinski definition) is 3. The Labute approximate surface area is 178 Å². The number of aryl methyl sites for hydroxylation is 2. The Hall–Kier alpha value is -2.50. The SMILES string of the molecule is CC1=C2C(=C(C(=O)c3ccc(C)cc3)C23CC3)CN(S(=O)(=O)c2ccc(C)cc2)C1. The fourth-order valence-corrected chi connectivity index (χ4v) is 6.46. The van der Waals surface area contributed by atoms with Gasteiger partial charge < -0.3 is 0 Å². The van der Waals surface area contributed by atoms with Crippen LogP contribution in [0.5, 0.6) is 0 Å². The molecule has 1 heterocycles. The maximum Gasteiger partial charge on any atom is 0.243 e. The van der Waals surface area contributed by atoms with Crippen LogP contribution in [0.3, 0.4) is 0 Å². The van der Waals surface area contributed by atoms with Gasteiger partial charge in [0.15, 0.2) is 5.78 Å². The second-order valence-corrected chi connectivity index (χ2v) is 10.8. The van der Waals surface area contributed by atoms with Crippen molar-refractivity contribution in [2.75, 3.05) is 13.1 Å². The van der Waals surface area contributed by atoms with Crippen molar-refractivity contribution in [1.82, 2.24) is 4.31 Å². The Kier molecular flexibility index (Phi) is 4.21. The first-order valence-electron chi connectivity index (χ1n) is 10.4. The molecule has 5 heteroatoms. The lowest BCUT2D eigenvalue weighted by atomic mass is 9.64. The van der Waals surface area contributed by atoms with Crippen molar-refractivity contribution in [2.45, 2.75) is 38.5 Å². The Morgan fingerprint density at radius 2 is 1.43 bits per heavy atom. The molecular formula is C25H25NO3S. The molecule has 1 spiro atoms. The summed E-state index contributed by atoms with van der Waals surface area (Å²) in [6, 6.07) is 14.6. The maximum atomic E-state index is 13.4. The smallest absolute Gasteiger partial charge is 0.243 e. The molecule has 0 amide bonds. The molecular weight excluding hydrogens is 394 g/mol. The van der Waals surface area contributed by atoms with Crippen LogP contribution in [-0.2, 0) is 10.0 Å². The Bertz CT molecular complexity index is 1230. The van der Waals surface area contributed by atoms with E-state index in [-0.39, 0.29) is 17.7 Å². The van der Waals surface area contributed by atoms with Crippen LogP contribution >= 0.6 is 0 Å².